The number of carbonyl (C=O) groups excluding carboxylic acids is 1. The molecule has 2 unspecified atom stereocenters. The summed E-state index contributed by atoms with van der Waals surface area (Å²) < 4.78 is 0. The second-order valence-corrected chi connectivity index (χ2v) is 6.19. The molecule has 6 nitrogen and oxygen atoms in total. The number of benzene rings is 1. The summed E-state index contributed by atoms with van der Waals surface area (Å²) in [5.41, 5.74) is 0.472. The predicted octanol–water partition coefficient (Wildman–Crippen LogP) is 2.45. The highest BCUT2D eigenvalue weighted by atomic mass is 16.6. The Labute approximate surface area is 130 Å². The highest BCUT2D eigenvalue weighted by molar-refractivity contribution is 5.94. The lowest BCUT2D eigenvalue weighted by atomic mass is 9.84. The third kappa shape index (κ3) is 4.27. The molecule has 1 fully saturated rings. The van der Waals surface area contributed by atoms with Crippen molar-refractivity contribution in [2.45, 2.75) is 31.7 Å². The van der Waals surface area contributed by atoms with Crippen LogP contribution in [0, 0.1) is 16.0 Å². The third-order valence-corrected chi connectivity index (χ3v) is 4.17. The summed E-state index contributed by atoms with van der Waals surface area (Å²) in [6.07, 6.45) is 4.47. The molecule has 2 rings (SSSR count). The van der Waals surface area contributed by atoms with Gasteiger partial charge in [-0.1, -0.05) is 12.8 Å². The Morgan fingerprint density at radius 1 is 1.27 bits per heavy atom. The maximum Gasteiger partial charge on any atom is 0.269 e. The first-order valence-electron chi connectivity index (χ1n) is 7.67. The fourth-order valence-electron chi connectivity index (χ4n) is 3.07. The van der Waals surface area contributed by atoms with Crippen LogP contribution in [-0.4, -0.2) is 42.4 Å². The zero-order chi connectivity index (χ0) is 16.1. The number of nitro groups is 1. The molecule has 1 aromatic rings. The molecule has 0 spiro atoms. The SMILES string of the molecule is CN(C)CC1CCCCC1NC(=O)c1ccc([N+](=O)[O-])cc1. The maximum atomic E-state index is 12.3. The van der Waals surface area contributed by atoms with E-state index in [4.69, 9.17) is 0 Å². The lowest BCUT2D eigenvalue weighted by molar-refractivity contribution is -0.384. The van der Waals surface area contributed by atoms with E-state index in [1.54, 1.807) is 0 Å². The van der Waals surface area contributed by atoms with Crippen molar-refractivity contribution in [1.82, 2.24) is 10.2 Å². The van der Waals surface area contributed by atoms with Crippen LogP contribution in [-0.2, 0) is 0 Å². The minimum atomic E-state index is -0.462. The van der Waals surface area contributed by atoms with E-state index in [0.717, 1.165) is 25.8 Å². The first-order valence-corrected chi connectivity index (χ1v) is 7.67. The lowest BCUT2D eigenvalue weighted by Gasteiger charge is -2.34. The summed E-state index contributed by atoms with van der Waals surface area (Å²) >= 11 is 0. The van der Waals surface area contributed by atoms with Crippen LogP contribution in [0.1, 0.15) is 36.0 Å². The van der Waals surface area contributed by atoms with Crippen molar-refractivity contribution in [1.29, 1.82) is 0 Å². The Hall–Kier alpha value is -1.95. The first kappa shape index (κ1) is 16.4. The molecule has 120 valence electrons. The number of non-ortho nitro benzene ring substituents is 1. The fraction of sp³-hybridized carbons (Fsp3) is 0.562. The van der Waals surface area contributed by atoms with E-state index in [0.29, 0.717) is 11.5 Å². The molecule has 1 aliphatic rings. The van der Waals surface area contributed by atoms with Gasteiger partial charge in [-0.05, 0) is 45.0 Å². The van der Waals surface area contributed by atoms with Gasteiger partial charge in [0.05, 0.1) is 4.92 Å². The number of amides is 1. The molecule has 22 heavy (non-hydrogen) atoms. The van der Waals surface area contributed by atoms with Crippen molar-refractivity contribution in [3.05, 3.63) is 39.9 Å². The Bertz CT molecular complexity index is 528. The van der Waals surface area contributed by atoms with Crippen molar-refractivity contribution in [2.75, 3.05) is 20.6 Å². The second kappa shape index (κ2) is 7.35. The van der Waals surface area contributed by atoms with Crippen LogP contribution in [0.4, 0.5) is 5.69 Å². The van der Waals surface area contributed by atoms with E-state index in [1.165, 1.54) is 30.7 Å². The molecule has 0 bridgehead atoms. The zero-order valence-corrected chi connectivity index (χ0v) is 13.1. The molecule has 0 heterocycles. The number of carbonyl (C=O) groups is 1. The average Bonchev–Trinajstić information content (AvgIpc) is 2.48. The molecule has 1 N–H and O–H groups in total. The van der Waals surface area contributed by atoms with Crippen LogP contribution < -0.4 is 5.32 Å². The first-order chi connectivity index (χ1) is 10.5. The van der Waals surface area contributed by atoms with E-state index in [2.05, 4.69) is 10.2 Å². The summed E-state index contributed by atoms with van der Waals surface area (Å²) in [6.45, 7) is 0.964. The number of nitro benzene ring substituents is 1. The van der Waals surface area contributed by atoms with Crippen LogP contribution in [0.15, 0.2) is 24.3 Å². The van der Waals surface area contributed by atoms with Gasteiger partial charge in [0.15, 0.2) is 0 Å². The van der Waals surface area contributed by atoms with Gasteiger partial charge in [-0.15, -0.1) is 0 Å². The van der Waals surface area contributed by atoms with Crippen LogP contribution in [0.3, 0.4) is 0 Å². The highest BCUT2D eigenvalue weighted by Crippen LogP contribution is 2.25. The molecule has 0 radical (unpaired) electrons. The van der Waals surface area contributed by atoms with E-state index in [9.17, 15) is 14.9 Å². The van der Waals surface area contributed by atoms with Gasteiger partial charge >= 0.3 is 0 Å². The van der Waals surface area contributed by atoms with Gasteiger partial charge in [0.1, 0.15) is 0 Å². The number of hydrogen-bond acceptors (Lipinski definition) is 4. The number of hydrogen-bond donors (Lipinski definition) is 1. The maximum absolute atomic E-state index is 12.3. The minimum Gasteiger partial charge on any atom is -0.349 e. The Kier molecular flexibility index (Phi) is 5.49. The van der Waals surface area contributed by atoms with Gasteiger partial charge in [-0.2, -0.15) is 0 Å². The molecular weight excluding hydrogens is 282 g/mol. The molecule has 1 saturated carbocycles. The zero-order valence-electron chi connectivity index (χ0n) is 13.1. The molecule has 2 atom stereocenters. The Morgan fingerprint density at radius 2 is 1.91 bits per heavy atom. The standard InChI is InChI=1S/C16H23N3O3/c1-18(2)11-13-5-3-4-6-15(13)17-16(20)12-7-9-14(10-8-12)19(21)22/h7-10,13,15H,3-6,11H2,1-2H3,(H,17,20). The normalized spacial score (nSPS) is 21.6. The van der Waals surface area contributed by atoms with Crippen molar-refractivity contribution in [3.63, 3.8) is 0 Å². The summed E-state index contributed by atoms with van der Waals surface area (Å²) in [5.74, 6) is 0.316. The fourth-order valence-corrected chi connectivity index (χ4v) is 3.07. The van der Waals surface area contributed by atoms with E-state index < -0.39 is 4.92 Å². The molecule has 0 saturated heterocycles. The molecule has 0 aromatic heterocycles. The number of nitrogens with zero attached hydrogens (tertiary/aromatic N) is 2. The summed E-state index contributed by atoms with van der Waals surface area (Å²) in [4.78, 5) is 24.7. The topological polar surface area (TPSA) is 75.5 Å². The monoisotopic (exact) mass is 305 g/mol. The molecule has 1 amide bonds. The summed E-state index contributed by atoms with van der Waals surface area (Å²) in [7, 11) is 4.09. The van der Waals surface area contributed by atoms with E-state index in [1.807, 2.05) is 14.1 Å². The summed E-state index contributed by atoms with van der Waals surface area (Å²) in [5, 5.41) is 13.7. The van der Waals surface area contributed by atoms with Crippen LogP contribution in [0.25, 0.3) is 0 Å². The summed E-state index contributed by atoms with van der Waals surface area (Å²) in [6, 6.07) is 5.94. The number of nitrogens with one attached hydrogen (secondary N) is 1. The third-order valence-electron chi connectivity index (χ3n) is 4.17. The van der Waals surface area contributed by atoms with Gasteiger partial charge < -0.3 is 10.2 Å². The number of rotatable bonds is 5. The Morgan fingerprint density at radius 3 is 2.50 bits per heavy atom. The van der Waals surface area contributed by atoms with Crippen molar-refractivity contribution < 1.29 is 9.72 Å². The molecule has 0 aliphatic heterocycles. The second-order valence-electron chi connectivity index (χ2n) is 6.19. The van der Waals surface area contributed by atoms with Gasteiger partial charge in [-0.3, -0.25) is 14.9 Å². The highest BCUT2D eigenvalue weighted by Gasteiger charge is 2.27. The van der Waals surface area contributed by atoms with Gasteiger partial charge in [-0.25, -0.2) is 0 Å². The van der Waals surface area contributed by atoms with Gasteiger partial charge in [0.2, 0.25) is 0 Å². The Balaban J connectivity index is 2.01. The van der Waals surface area contributed by atoms with Crippen molar-refractivity contribution >= 4 is 11.6 Å². The van der Waals surface area contributed by atoms with Gasteiger partial charge in [0.25, 0.3) is 11.6 Å². The van der Waals surface area contributed by atoms with Crippen molar-refractivity contribution in [2.24, 2.45) is 5.92 Å². The molecular formula is C16H23N3O3. The average molecular weight is 305 g/mol. The molecule has 1 aliphatic carbocycles. The smallest absolute Gasteiger partial charge is 0.269 e. The van der Waals surface area contributed by atoms with Crippen molar-refractivity contribution in [3.8, 4) is 0 Å². The largest absolute Gasteiger partial charge is 0.349 e. The van der Waals surface area contributed by atoms with Crippen LogP contribution >= 0.6 is 0 Å². The molecule has 6 heteroatoms. The lowest BCUT2D eigenvalue weighted by Crippen LogP contribution is -2.45. The van der Waals surface area contributed by atoms with E-state index >= 15 is 0 Å². The quantitative estimate of drug-likeness (QED) is 0.669. The van der Waals surface area contributed by atoms with Crippen LogP contribution in [0.5, 0.6) is 0 Å². The predicted molar refractivity (Wildman–Crippen MR) is 84.9 cm³/mol. The van der Waals surface area contributed by atoms with E-state index in [-0.39, 0.29) is 17.6 Å². The minimum absolute atomic E-state index is 0.000277. The van der Waals surface area contributed by atoms with Gasteiger partial charge in [0, 0.05) is 30.3 Å². The van der Waals surface area contributed by atoms with Crippen LogP contribution in [0.2, 0.25) is 0 Å². The molecule has 1 aromatic carbocycles.